The number of ketones is 1. The van der Waals surface area contributed by atoms with Gasteiger partial charge in [-0.05, 0) is 18.9 Å². The molecule has 0 unspecified atom stereocenters. The van der Waals surface area contributed by atoms with Crippen LogP contribution in [0.1, 0.15) is 44.9 Å². The zero-order valence-electron chi connectivity index (χ0n) is 9.13. The van der Waals surface area contributed by atoms with Crippen molar-refractivity contribution in [3.63, 3.8) is 0 Å². The lowest BCUT2D eigenvalue weighted by Gasteiger charge is -2.32. The van der Waals surface area contributed by atoms with Gasteiger partial charge in [0.25, 0.3) is 0 Å². The van der Waals surface area contributed by atoms with Crippen LogP contribution in [0.15, 0.2) is 11.8 Å². The molecule has 0 amide bonds. The van der Waals surface area contributed by atoms with Crippen molar-refractivity contribution in [1.82, 2.24) is 0 Å². The minimum absolute atomic E-state index is 0.0944. The summed E-state index contributed by atoms with van der Waals surface area (Å²) in [4.78, 5) is 11.8. The molecule has 0 aromatic carbocycles. The van der Waals surface area contributed by atoms with E-state index in [2.05, 4.69) is 0 Å². The van der Waals surface area contributed by atoms with Crippen LogP contribution in [0.25, 0.3) is 0 Å². The van der Waals surface area contributed by atoms with Gasteiger partial charge in [0.05, 0.1) is 6.61 Å². The molecule has 1 heterocycles. The third kappa shape index (κ3) is 2.59. The normalized spacial score (nSPS) is 24.5. The minimum atomic E-state index is -0.262. The van der Waals surface area contributed by atoms with Gasteiger partial charge in [0, 0.05) is 18.4 Å². The molecule has 2 rings (SSSR count). The van der Waals surface area contributed by atoms with Crippen molar-refractivity contribution >= 4 is 5.78 Å². The summed E-state index contributed by atoms with van der Waals surface area (Å²) in [7, 11) is 0. The Kier molecular flexibility index (Phi) is 3.10. The van der Waals surface area contributed by atoms with Crippen molar-refractivity contribution in [3.05, 3.63) is 11.8 Å². The Bertz CT molecular complexity index is 277. The molecule has 0 atom stereocenters. The summed E-state index contributed by atoms with van der Waals surface area (Å²) < 4.78 is 5.26. The van der Waals surface area contributed by atoms with Crippen LogP contribution < -0.4 is 5.73 Å². The highest BCUT2D eigenvalue weighted by molar-refractivity contribution is 5.94. The van der Waals surface area contributed by atoms with Gasteiger partial charge < -0.3 is 10.5 Å². The van der Waals surface area contributed by atoms with E-state index >= 15 is 0 Å². The molecule has 2 aliphatic rings. The molecule has 0 aromatic rings. The molecule has 1 aliphatic heterocycles. The van der Waals surface area contributed by atoms with Crippen LogP contribution in [0.4, 0.5) is 0 Å². The Balaban J connectivity index is 1.92. The molecule has 1 aliphatic carbocycles. The lowest BCUT2D eigenvalue weighted by molar-refractivity contribution is -0.119. The number of Topliss-reactive ketones (excluding diaryl/α,β-unsaturated/α-hetero) is 1. The Labute approximate surface area is 90.7 Å². The van der Waals surface area contributed by atoms with Crippen molar-refractivity contribution < 1.29 is 9.53 Å². The molecule has 0 saturated heterocycles. The van der Waals surface area contributed by atoms with Crippen LogP contribution in [0, 0.1) is 0 Å². The summed E-state index contributed by atoms with van der Waals surface area (Å²) >= 11 is 0. The van der Waals surface area contributed by atoms with E-state index in [9.17, 15) is 4.79 Å². The van der Waals surface area contributed by atoms with Gasteiger partial charge in [0.15, 0.2) is 11.5 Å². The second-order valence-corrected chi connectivity index (χ2v) is 4.73. The Morgan fingerprint density at radius 2 is 2.13 bits per heavy atom. The summed E-state index contributed by atoms with van der Waals surface area (Å²) in [6.45, 7) is 0.651. The number of ether oxygens (including phenoxy) is 1. The van der Waals surface area contributed by atoms with Crippen molar-refractivity contribution in [1.29, 1.82) is 0 Å². The van der Waals surface area contributed by atoms with E-state index in [4.69, 9.17) is 10.5 Å². The topological polar surface area (TPSA) is 52.3 Å². The first-order valence-electron chi connectivity index (χ1n) is 5.85. The Morgan fingerprint density at radius 3 is 2.73 bits per heavy atom. The van der Waals surface area contributed by atoms with Gasteiger partial charge in [-0.25, -0.2) is 0 Å². The van der Waals surface area contributed by atoms with Crippen LogP contribution in [0.2, 0.25) is 0 Å². The maximum Gasteiger partial charge on any atom is 0.198 e. The van der Waals surface area contributed by atoms with Crippen molar-refractivity contribution in [2.75, 3.05) is 6.61 Å². The second kappa shape index (κ2) is 4.35. The molecule has 3 nitrogen and oxygen atoms in total. The van der Waals surface area contributed by atoms with Gasteiger partial charge in [-0.3, -0.25) is 4.79 Å². The smallest absolute Gasteiger partial charge is 0.198 e. The zero-order valence-corrected chi connectivity index (χ0v) is 9.13. The number of nitrogens with two attached hydrogens (primary N) is 1. The molecule has 0 aromatic heterocycles. The molecule has 0 spiro atoms. The quantitative estimate of drug-likeness (QED) is 0.772. The molecule has 2 N–H and O–H groups in total. The Morgan fingerprint density at radius 1 is 1.40 bits per heavy atom. The van der Waals surface area contributed by atoms with E-state index in [1.807, 2.05) is 6.08 Å². The third-order valence-electron chi connectivity index (χ3n) is 3.34. The first-order valence-corrected chi connectivity index (χ1v) is 5.85. The van der Waals surface area contributed by atoms with Gasteiger partial charge >= 0.3 is 0 Å². The van der Waals surface area contributed by atoms with Crippen LogP contribution in [0.3, 0.4) is 0 Å². The van der Waals surface area contributed by atoms with Crippen molar-refractivity contribution in [3.8, 4) is 0 Å². The van der Waals surface area contributed by atoms with Gasteiger partial charge in [-0.1, -0.05) is 19.3 Å². The van der Waals surface area contributed by atoms with E-state index in [1.165, 1.54) is 6.42 Å². The average molecular weight is 209 g/mol. The highest BCUT2D eigenvalue weighted by Gasteiger charge is 2.31. The molecule has 15 heavy (non-hydrogen) atoms. The van der Waals surface area contributed by atoms with E-state index in [-0.39, 0.29) is 11.3 Å². The maximum absolute atomic E-state index is 11.8. The largest absolute Gasteiger partial charge is 0.490 e. The molecular weight excluding hydrogens is 190 g/mol. The fraction of sp³-hybridized carbons (Fsp3) is 0.750. The van der Waals surface area contributed by atoms with E-state index in [0.29, 0.717) is 18.8 Å². The summed E-state index contributed by atoms with van der Waals surface area (Å²) in [5.74, 6) is 0.641. The monoisotopic (exact) mass is 209 g/mol. The maximum atomic E-state index is 11.8. The van der Waals surface area contributed by atoms with Gasteiger partial charge in [-0.15, -0.1) is 0 Å². The van der Waals surface area contributed by atoms with E-state index < -0.39 is 0 Å². The van der Waals surface area contributed by atoms with Crippen molar-refractivity contribution in [2.24, 2.45) is 5.73 Å². The van der Waals surface area contributed by atoms with Gasteiger partial charge in [-0.2, -0.15) is 0 Å². The molecule has 0 bridgehead atoms. The predicted molar refractivity (Wildman–Crippen MR) is 58.3 cm³/mol. The molecule has 1 saturated carbocycles. The van der Waals surface area contributed by atoms with Crippen LogP contribution in [0.5, 0.6) is 0 Å². The third-order valence-corrected chi connectivity index (χ3v) is 3.34. The number of hydrogen-bond acceptors (Lipinski definition) is 3. The number of allylic oxidation sites excluding steroid dienone is 1. The first kappa shape index (κ1) is 10.7. The van der Waals surface area contributed by atoms with Gasteiger partial charge in [0.2, 0.25) is 0 Å². The molecule has 3 heteroatoms. The number of carbonyl (C=O) groups excluding carboxylic acids is 1. The molecule has 1 fully saturated rings. The highest BCUT2D eigenvalue weighted by atomic mass is 16.5. The number of hydrogen-bond donors (Lipinski definition) is 1. The lowest BCUT2D eigenvalue weighted by atomic mass is 9.79. The Hall–Kier alpha value is -0.830. The summed E-state index contributed by atoms with van der Waals surface area (Å²) in [5, 5.41) is 0. The molecule has 0 radical (unpaired) electrons. The second-order valence-electron chi connectivity index (χ2n) is 4.73. The fourth-order valence-electron chi connectivity index (χ4n) is 2.45. The number of carbonyl (C=O) groups is 1. The highest BCUT2D eigenvalue weighted by Crippen LogP contribution is 2.30. The lowest BCUT2D eigenvalue weighted by Crippen LogP contribution is -2.43. The molecule has 84 valence electrons. The standard InChI is InChI=1S/C12H19NO2/c13-12(6-2-1-3-7-12)9-10(14)11-5-4-8-15-11/h5H,1-4,6-9,13H2. The number of rotatable bonds is 3. The molecular formula is C12H19NO2. The fourth-order valence-corrected chi connectivity index (χ4v) is 2.45. The summed E-state index contributed by atoms with van der Waals surface area (Å²) in [6, 6.07) is 0. The average Bonchev–Trinajstić information content (AvgIpc) is 2.70. The van der Waals surface area contributed by atoms with Crippen LogP contribution in [-0.4, -0.2) is 17.9 Å². The summed E-state index contributed by atoms with van der Waals surface area (Å²) in [5.41, 5.74) is 5.96. The van der Waals surface area contributed by atoms with E-state index in [1.54, 1.807) is 0 Å². The van der Waals surface area contributed by atoms with Crippen LogP contribution in [-0.2, 0) is 9.53 Å². The zero-order chi connectivity index (χ0) is 10.7. The summed E-state index contributed by atoms with van der Waals surface area (Å²) in [6.07, 6.45) is 8.73. The predicted octanol–water partition coefficient (Wildman–Crippen LogP) is 1.91. The first-order chi connectivity index (χ1) is 7.20. The van der Waals surface area contributed by atoms with E-state index in [0.717, 1.165) is 32.1 Å². The van der Waals surface area contributed by atoms with Gasteiger partial charge in [0.1, 0.15) is 0 Å². The van der Waals surface area contributed by atoms with Crippen molar-refractivity contribution in [2.45, 2.75) is 50.5 Å². The van der Waals surface area contributed by atoms with Crippen LogP contribution >= 0.6 is 0 Å². The SMILES string of the molecule is NC1(CC(=O)C2=CCCO2)CCCCC1. The minimum Gasteiger partial charge on any atom is -0.490 e.